The third kappa shape index (κ3) is 2.90. The number of thiazole rings is 1. The second-order valence-corrected chi connectivity index (χ2v) is 6.80. The molecule has 0 aliphatic rings. The average molecular weight is 361 g/mol. The first kappa shape index (κ1) is 15.1. The number of hydrogen-bond acceptors (Lipinski definition) is 3. The predicted octanol–water partition coefficient (Wildman–Crippen LogP) is 4.94. The Balaban J connectivity index is 2.15. The van der Waals surface area contributed by atoms with E-state index in [0.717, 1.165) is 29.1 Å². The van der Waals surface area contributed by atoms with E-state index in [9.17, 15) is 0 Å². The van der Waals surface area contributed by atoms with Crippen molar-refractivity contribution in [3.63, 3.8) is 0 Å². The van der Waals surface area contributed by atoms with Crippen molar-refractivity contribution in [1.29, 1.82) is 0 Å². The molecular weight excluding hydrogens is 349 g/mol. The molecule has 21 heavy (non-hydrogen) atoms. The number of rotatable bonds is 4. The first-order valence-electron chi connectivity index (χ1n) is 6.39. The molecule has 0 atom stereocenters. The van der Waals surface area contributed by atoms with E-state index < -0.39 is 0 Å². The van der Waals surface area contributed by atoms with Gasteiger partial charge in [-0.15, -0.1) is 22.9 Å². The minimum Gasteiger partial charge on any atom is -0.323 e. The number of alkyl halides is 1. The molecular formula is C14H12Cl3N3S. The highest BCUT2D eigenvalue weighted by atomic mass is 35.5. The maximum atomic E-state index is 6.15. The number of imidazole rings is 1. The number of halogens is 3. The molecule has 0 bridgehead atoms. The van der Waals surface area contributed by atoms with Gasteiger partial charge >= 0.3 is 0 Å². The molecule has 1 aromatic carbocycles. The molecule has 0 aliphatic carbocycles. The third-order valence-electron chi connectivity index (χ3n) is 3.33. The Morgan fingerprint density at radius 2 is 2.00 bits per heavy atom. The minimum atomic E-state index is 0.514. The first-order chi connectivity index (χ1) is 10.1. The van der Waals surface area contributed by atoms with Crippen LogP contribution in [0, 0.1) is 6.92 Å². The lowest BCUT2D eigenvalue weighted by molar-refractivity contribution is 0.758. The van der Waals surface area contributed by atoms with E-state index in [4.69, 9.17) is 34.8 Å². The Morgan fingerprint density at radius 1 is 1.24 bits per heavy atom. The molecule has 7 heteroatoms. The Bertz CT molecular complexity index is 794. The lowest BCUT2D eigenvalue weighted by Gasteiger charge is -2.08. The van der Waals surface area contributed by atoms with Crippen LogP contribution in [0.3, 0.4) is 0 Å². The van der Waals surface area contributed by atoms with Crippen molar-refractivity contribution in [2.75, 3.05) is 5.88 Å². The van der Waals surface area contributed by atoms with Crippen LogP contribution < -0.4 is 0 Å². The molecule has 110 valence electrons. The van der Waals surface area contributed by atoms with Crippen LogP contribution in [-0.2, 0) is 13.0 Å². The van der Waals surface area contributed by atoms with Crippen molar-refractivity contribution >= 4 is 57.2 Å². The minimum absolute atomic E-state index is 0.514. The lowest BCUT2D eigenvalue weighted by atomic mass is 10.3. The summed E-state index contributed by atoms with van der Waals surface area (Å²) < 4.78 is 2.14. The zero-order valence-corrected chi connectivity index (χ0v) is 14.3. The van der Waals surface area contributed by atoms with Crippen molar-refractivity contribution in [3.8, 4) is 0 Å². The van der Waals surface area contributed by atoms with Crippen LogP contribution in [0.2, 0.25) is 10.0 Å². The maximum Gasteiger partial charge on any atom is 0.111 e. The van der Waals surface area contributed by atoms with E-state index in [2.05, 4.69) is 14.5 Å². The monoisotopic (exact) mass is 359 g/mol. The summed E-state index contributed by atoms with van der Waals surface area (Å²) in [5, 5.41) is 1.05. The number of nitrogens with zero attached hydrogens (tertiary/aromatic N) is 3. The molecule has 0 saturated carbocycles. The molecule has 0 amide bonds. The van der Waals surface area contributed by atoms with Gasteiger partial charge in [-0.05, 0) is 19.1 Å². The van der Waals surface area contributed by atoms with Gasteiger partial charge in [0.2, 0.25) is 0 Å². The summed E-state index contributed by atoms with van der Waals surface area (Å²) in [6, 6.07) is 3.66. The maximum absolute atomic E-state index is 6.15. The van der Waals surface area contributed by atoms with Crippen LogP contribution in [0.15, 0.2) is 17.6 Å². The zero-order chi connectivity index (χ0) is 15.0. The normalized spacial score (nSPS) is 11.4. The number of benzene rings is 1. The van der Waals surface area contributed by atoms with Gasteiger partial charge in [-0.2, -0.15) is 0 Å². The first-order valence-corrected chi connectivity index (χ1v) is 8.56. The fourth-order valence-electron chi connectivity index (χ4n) is 2.24. The molecule has 0 radical (unpaired) electrons. The SMILES string of the molecule is Cc1ncsc1Cn1c(CCCl)nc2cc(Cl)c(Cl)cc21. The van der Waals surface area contributed by atoms with Crippen LogP contribution in [0.5, 0.6) is 0 Å². The summed E-state index contributed by atoms with van der Waals surface area (Å²) in [5.41, 5.74) is 4.71. The molecule has 2 heterocycles. The van der Waals surface area contributed by atoms with Crippen LogP contribution in [0.4, 0.5) is 0 Å². The van der Waals surface area contributed by atoms with Gasteiger partial charge in [0.1, 0.15) is 5.82 Å². The van der Waals surface area contributed by atoms with Crippen molar-refractivity contribution in [1.82, 2.24) is 14.5 Å². The Hall–Kier alpha value is -0.810. The fraction of sp³-hybridized carbons (Fsp3) is 0.286. The summed E-state index contributed by atoms with van der Waals surface area (Å²) in [6.07, 6.45) is 0.698. The molecule has 0 fully saturated rings. The molecule has 3 nitrogen and oxygen atoms in total. The highest BCUT2D eigenvalue weighted by Crippen LogP contribution is 2.29. The van der Waals surface area contributed by atoms with E-state index in [-0.39, 0.29) is 0 Å². The summed E-state index contributed by atoms with van der Waals surface area (Å²) >= 11 is 19.8. The second kappa shape index (κ2) is 6.13. The summed E-state index contributed by atoms with van der Waals surface area (Å²) in [6.45, 7) is 2.73. The van der Waals surface area contributed by atoms with Gasteiger partial charge in [0.25, 0.3) is 0 Å². The highest BCUT2D eigenvalue weighted by Gasteiger charge is 2.14. The van der Waals surface area contributed by atoms with E-state index in [1.54, 1.807) is 17.4 Å². The quantitative estimate of drug-likeness (QED) is 0.617. The van der Waals surface area contributed by atoms with Crippen molar-refractivity contribution in [2.45, 2.75) is 19.9 Å². The molecule has 0 unspecified atom stereocenters. The van der Waals surface area contributed by atoms with E-state index in [1.165, 1.54) is 4.88 Å². The van der Waals surface area contributed by atoms with Crippen LogP contribution in [0.1, 0.15) is 16.4 Å². The smallest absolute Gasteiger partial charge is 0.111 e. The third-order valence-corrected chi connectivity index (χ3v) is 5.17. The topological polar surface area (TPSA) is 30.7 Å². The predicted molar refractivity (Wildman–Crippen MR) is 90.1 cm³/mol. The molecule has 3 rings (SSSR count). The van der Waals surface area contributed by atoms with Gasteiger partial charge in [0.05, 0.1) is 38.8 Å². The van der Waals surface area contributed by atoms with Gasteiger partial charge in [-0.3, -0.25) is 0 Å². The number of aromatic nitrogens is 3. The zero-order valence-electron chi connectivity index (χ0n) is 11.2. The van der Waals surface area contributed by atoms with Gasteiger partial charge in [0, 0.05) is 17.2 Å². The van der Waals surface area contributed by atoms with Crippen LogP contribution in [0.25, 0.3) is 11.0 Å². The summed E-state index contributed by atoms with van der Waals surface area (Å²) in [4.78, 5) is 10.1. The van der Waals surface area contributed by atoms with Gasteiger partial charge < -0.3 is 4.57 Å². The standard InChI is InChI=1S/C14H12Cl3N3S/c1-8-13(21-7-18-8)6-20-12-5-10(17)9(16)4-11(12)19-14(20)2-3-15/h4-5,7H,2-3,6H2,1H3. The fourth-order valence-corrected chi connectivity index (χ4v) is 3.49. The molecule has 0 spiro atoms. The van der Waals surface area contributed by atoms with Crippen LogP contribution in [-0.4, -0.2) is 20.4 Å². The lowest BCUT2D eigenvalue weighted by Crippen LogP contribution is -2.06. The number of aryl methyl sites for hydroxylation is 2. The second-order valence-electron chi connectivity index (χ2n) is 4.67. The molecule has 2 aromatic heterocycles. The van der Waals surface area contributed by atoms with Gasteiger partial charge in [-0.25, -0.2) is 9.97 Å². The summed E-state index contributed by atoms with van der Waals surface area (Å²) in [5.74, 6) is 1.46. The molecule has 0 N–H and O–H groups in total. The average Bonchev–Trinajstić information content (AvgIpc) is 2.98. The Morgan fingerprint density at radius 3 is 2.67 bits per heavy atom. The Labute approximate surface area is 141 Å². The Kier molecular flexibility index (Phi) is 4.41. The largest absolute Gasteiger partial charge is 0.323 e. The van der Waals surface area contributed by atoms with Crippen molar-refractivity contribution < 1.29 is 0 Å². The number of hydrogen-bond donors (Lipinski definition) is 0. The highest BCUT2D eigenvalue weighted by molar-refractivity contribution is 7.09. The van der Waals surface area contributed by atoms with E-state index >= 15 is 0 Å². The molecule has 0 aliphatic heterocycles. The van der Waals surface area contributed by atoms with Crippen molar-refractivity contribution in [3.05, 3.63) is 44.1 Å². The van der Waals surface area contributed by atoms with E-state index in [0.29, 0.717) is 22.3 Å². The molecule has 3 aromatic rings. The van der Waals surface area contributed by atoms with Crippen molar-refractivity contribution in [2.24, 2.45) is 0 Å². The number of fused-ring (bicyclic) bond motifs is 1. The summed E-state index contributed by atoms with van der Waals surface area (Å²) in [7, 11) is 0. The van der Waals surface area contributed by atoms with Gasteiger partial charge in [-0.1, -0.05) is 23.2 Å². The van der Waals surface area contributed by atoms with E-state index in [1.807, 2.05) is 18.5 Å². The van der Waals surface area contributed by atoms with Gasteiger partial charge in [0.15, 0.2) is 0 Å². The van der Waals surface area contributed by atoms with Crippen LogP contribution >= 0.6 is 46.1 Å². The molecule has 0 saturated heterocycles.